The quantitative estimate of drug-likeness (QED) is 0.455. The van der Waals surface area contributed by atoms with Gasteiger partial charge in [0.1, 0.15) is 11.6 Å². The maximum Gasteiger partial charge on any atom is 0.261 e. The van der Waals surface area contributed by atoms with Crippen molar-refractivity contribution in [3.63, 3.8) is 0 Å². The van der Waals surface area contributed by atoms with Gasteiger partial charge in [-0.1, -0.05) is 38.3 Å². The summed E-state index contributed by atoms with van der Waals surface area (Å²) in [5.74, 6) is -0.296. The Morgan fingerprint density at radius 2 is 1.91 bits per heavy atom. The number of nitriles is 1. The van der Waals surface area contributed by atoms with Gasteiger partial charge >= 0.3 is 0 Å². The summed E-state index contributed by atoms with van der Waals surface area (Å²) in [7, 11) is 3.94. The summed E-state index contributed by atoms with van der Waals surface area (Å²) in [4.78, 5) is 14.0. The first-order valence-corrected chi connectivity index (χ1v) is 7.76. The second-order valence-electron chi connectivity index (χ2n) is 5.47. The Hall–Kier alpha value is -2.28. The van der Waals surface area contributed by atoms with Crippen LogP contribution in [0.3, 0.4) is 0 Å². The van der Waals surface area contributed by atoms with Crippen LogP contribution >= 0.6 is 0 Å². The molecule has 0 unspecified atom stereocenters. The van der Waals surface area contributed by atoms with Crippen molar-refractivity contribution >= 4 is 17.7 Å². The van der Waals surface area contributed by atoms with E-state index in [1.165, 1.54) is 12.8 Å². The molecule has 118 valence electrons. The topological polar surface area (TPSA) is 56.1 Å². The fourth-order valence-corrected chi connectivity index (χ4v) is 2.03. The van der Waals surface area contributed by atoms with E-state index in [9.17, 15) is 4.79 Å². The van der Waals surface area contributed by atoms with E-state index in [1.54, 1.807) is 6.08 Å². The number of nitrogens with one attached hydrogen (secondary N) is 1. The fraction of sp³-hybridized carbons (Fsp3) is 0.444. The number of hydrogen-bond acceptors (Lipinski definition) is 3. The lowest BCUT2D eigenvalue weighted by molar-refractivity contribution is -0.117. The summed E-state index contributed by atoms with van der Waals surface area (Å²) in [5.41, 5.74) is 2.08. The Morgan fingerprint density at radius 1 is 1.23 bits per heavy atom. The molecule has 0 aliphatic rings. The molecule has 0 aliphatic carbocycles. The molecule has 0 fully saturated rings. The van der Waals surface area contributed by atoms with Crippen molar-refractivity contribution in [2.24, 2.45) is 0 Å². The van der Waals surface area contributed by atoms with E-state index >= 15 is 0 Å². The van der Waals surface area contributed by atoms with Gasteiger partial charge in [-0.25, -0.2) is 0 Å². The summed E-state index contributed by atoms with van der Waals surface area (Å²) < 4.78 is 0. The lowest BCUT2D eigenvalue weighted by Crippen LogP contribution is -2.25. The number of nitrogens with zero attached hydrogens (tertiary/aromatic N) is 2. The molecule has 22 heavy (non-hydrogen) atoms. The van der Waals surface area contributed by atoms with Crippen LogP contribution in [0.1, 0.15) is 38.2 Å². The molecule has 1 N–H and O–H groups in total. The van der Waals surface area contributed by atoms with Crippen molar-refractivity contribution in [1.82, 2.24) is 5.32 Å². The fourth-order valence-electron chi connectivity index (χ4n) is 2.03. The van der Waals surface area contributed by atoms with Crippen LogP contribution in [0.5, 0.6) is 0 Å². The van der Waals surface area contributed by atoms with E-state index in [4.69, 9.17) is 5.26 Å². The zero-order valence-corrected chi connectivity index (χ0v) is 13.7. The summed E-state index contributed by atoms with van der Waals surface area (Å²) >= 11 is 0. The Labute approximate surface area is 133 Å². The average Bonchev–Trinajstić information content (AvgIpc) is 2.52. The van der Waals surface area contributed by atoms with E-state index in [0.29, 0.717) is 6.54 Å². The molecule has 4 nitrogen and oxygen atoms in total. The molecule has 0 heterocycles. The zero-order valence-electron chi connectivity index (χ0n) is 13.7. The average molecular weight is 299 g/mol. The number of anilines is 1. The van der Waals surface area contributed by atoms with E-state index in [1.807, 2.05) is 49.3 Å². The first-order chi connectivity index (χ1) is 10.6. The molecule has 0 atom stereocenters. The highest BCUT2D eigenvalue weighted by Crippen LogP contribution is 2.14. The molecule has 0 aliphatic heterocycles. The maximum atomic E-state index is 12.0. The zero-order chi connectivity index (χ0) is 16.4. The van der Waals surface area contributed by atoms with Gasteiger partial charge in [0.15, 0.2) is 0 Å². The van der Waals surface area contributed by atoms with Crippen molar-refractivity contribution in [1.29, 1.82) is 5.26 Å². The highest BCUT2D eigenvalue weighted by atomic mass is 16.1. The smallest absolute Gasteiger partial charge is 0.261 e. The van der Waals surface area contributed by atoms with Crippen molar-refractivity contribution < 1.29 is 4.79 Å². The Bertz CT molecular complexity index is 538. The third kappa shape index (κ3) is 6.01. The largest absolute Gasteiger partial charge is 0.378 e. The number of carbonyl (C=O) groups is 1. The first kappa shape index (κ1) is 17.8. The van der Waals surface area contributed by atoms with Crippen LogP contribution in [-0.2, 0) is 4.79 Å². The van der Waals surface area contributed by atoms with E-state index < -0.39 is 0 Å². The van der Waals surface area contributed by atoms with Gasteiger partial charge in [-0.05, 0) is 30.2 Å². The summed E-state index contributed by atoms with van der Waals surface area (Å²) in [6.07, 6.45) is 6.03. The van der Waals surface area contributed by atoms with Crippen LogP contribution in [-0.4, -0.2) is 26.5 Å². The van der Waals surface area contributed by atoms with Gasteiger partial charge in [0.05, 0.1) is 0 Å². The number of hydrogen-bond donors (Lipinski definition) is 1. The summed E-state index contributed by atoms with van der Waals surface area (Å²) in [6.45, 7) is 2.77. The second kappa shape index (κ2) is 9.62. The van der Waals surface area contributed by atoms with E-state index in [0.717, 1.165) is 24.1 Å². The lowest BCUT2D eigenvalue weighted by Gasteiger charge is -2.11. The number of carbonyl (C=O) groups excluding carboxylic acids is 1. The van der Waals surface area contributed by atoms with Crippen LogP contribution in [0.15, 0.2) is 29.8 Å². The second-order valence-corrected chi connectivity index (χ2v) is 5.47. The van der Waals surface area contributed by atoms with Crippen molar-refractivity contribution in [3.8, 4) is 6.07 Å². The van der Waals surface area contributed by atoms with Gasteiger partial charge in [0, 0.05) is 26.3 Å². The number of benzene rings is 1. The van der Waals surface area contributed by atoms with Gasteiger partial charge in [-0.3, -0.25) is 4.79 Å². The van der Waals surface area contributed by atoms with Gasteiger partial charge in [0.25, 0.3) is 5.91 Å². The highest BCUT2D eigenvalue weighted by Gasteiger charge is 2.08. The summed E-state index contributed by atoms with van der Waals surface area (Å²) in [5, 5.41) is 12.0. The standard InChI is InChI=1S/C18H25N3O/c1-4-5-6-7-12-20-18(22)16(14-19)13-15-8-10-17(11-9-15)21(2)3/h8-11,13H,4-7,12H2,1-3H3,(H,20,22)/b16-13-. The molecule has 4 heteroatoms. The number of amides is 1. The molecule has 1 aromatic carbocycles. The first-order valence-electron chi connectivity index (χ1n) is 7.76. The van der Waals surface area contributed by atoms with Gasteiger partial charge in [0.2, 0.25) is 0 Å². The normalized spacial score (nSPS) is 10.9. The minimum Gasteiger partial charge on any atom is -0.378 e. The minimum atomic E-state index is -0.296. The van der Waals surface area contributed by atoms with Crippen LogP contribution in [0.2, 0.25) is 0 Å². The molecule has 1 rings (SSSR count). The lowest BCUT2D eigenvalue weighted by atomic mass is 10.1. The molecule has 0 bridgehead atoms. The highest BCUT2D eigenvalue weighted by molar-refractivity contribution is 6.01. The molecule has 0 saturated carbocycles. The molecule has 0 aromatic heterocycles. The Morgan fingerprint density at radius 3 is 2.45 bits per heavy atom. The van der Waals surface area contributed by atoms with E-state index in [2.05, 4.69) is 12.2 Å². The third-order valence-corrected chi connectivity index (χ3v) is 3.40. The summed E-state index contributed by atoms with van der Waals surface area (Å²) in [6, 6.07) is 9.71. The van der Waals surface area contributed by atoms with Crippen LogP contribution in [0.4, 0.5) is 5.69 Å². The third-order valence-electron chi connectivity index (χ3n) is 3.40. The monoisotopic (exact) mass is 299 g/mol. The van der Waals surface area contributed by atoms with Gasteiger partial charge in [-0.2, -0.15) is 5.26 Å². The van der Waals surface area contributed by atoms with E-state index in [-0.39, 0.29) is 11.5 Å². The predicted molar refractivity (Wildman–Crippen MR) is 91.5 cm³/mol. The van der Waals surface area contributed by atoms with Crippen molar-refractivity contribution in [2.75, 3.05) is 25.5 Å². The van der Waals surface area contributed by atoms with Crippen LogP contribution in [0, 0.1) is 11.3 Å². The number of rotatable bonds is 8. The molecular weight excluding hydrogens is 274 g/mol. The molecular formula is C18H25N3O. The maximum absolute atomic E-state index is 12.0. The van der Waals surface area contributed by atoms with Crippen LogP contribution < -0.4 is 10.2 Å². The van der Waals surface area contributed by atoms with Crippen molar-refractivity contribution in [2.45, 2.75) is 32.6 Å². The predicted octanol–water partition coefficient (Wildman–Crippen LogP) is 3.36. The number of unbranched alkanes of at least 4 members (excludes halogenated alkanes) is 3. The molecule has 0 spiro atoms. The Balaban J connectivity index is 2.62. The minimum absolute atomic E-state index is 0.146. The van der Waals surface area contributed by atoms with Gasteiger partial charge in [-0.15, -0.1) is 0 Å². The van der Waals surface area contributed by atoms with Crippen LogP contribution in [0.25, 0.3) is 6.08 Å². The molecule has 0 saturated heterocycles. The molecule has 1 aromatic rings. The molecule has 0 radical (unpaired) electrons. The van der Waals surface area contributed by atoms with Crippen molar-refractivity contribution in [3.05, 3.63) is 35.4 Å². The molecule has 1 amide bonds. The SMILES string of the molecule is CCCCCCNC(=O)/C(C#N)=C\c1ccc(N(C)C)cc1. The Kier molecular flexibility index (Phi) is 7.77. The van der Waals surface area contributed by atoms with Gasteiger partial charge < -0.3 is 10.2 Å².